The number of nitrogens with zero attached hydrogens (tertiary/aromatic N) is 2. The number of esters is 1. The lowest BCUT2D eigenvalue weighted by atomic mass is 10.0. The monoisotopic (exact) mass is 419 g/mol. The number of hydrogen-bond acceptors (Lipinski definition) is 4. The van der Waals surface area contributed by atoms with E-state index >= 15 is 0 Å². The third kappa shape index (κ3) is 3.72. The van der Waals surface area contributed by atoms with Crippen molar-refractivity contribution >= 4 is 33.3 Å². The van der Waals surface area contributed by atoms with Crippen LogP contribution in [-0.4, -0.2) is 16.7 Å². The van der Waals surface area contributed by atoms with Crippen LogP contribution < -0.4 is 9.30 Å². The van der Waals surface area contributed by atoms with Crippen molar-refractivity contribution in [2.24, 2.45) is 0 Å². The zero-order chi connectivity index (χ0) is 21.9. The number of hydrogen-bond donors (Lipinski definition) is 0. The second kappa shape index (κ2) is 8.40. The number of rotatable bonds is 5. The smallest absolute Gasteiger partial charge is 0.410 e. The van der Waals surface area contributed by atoms with Crippen LogP contribution in [-0.2, 0) is 6.54 Å². The first-order valence-electron chi connectivity index (χ1n) is 10.2. The predicted octanol–water partition coefficient (Wildman–Crippen LogP) is 4.78. The highest BCUT2D eigenvalue weighted by molar-refractivity contribution is 6.11. The van der Waals surface area contributed by atoms with Crippen LogP contribution in [0, 0.1) is 0 Å². The topological polar surface area (TPSA) is 60.1 Å². The second-order valence-corrected chi connectivity index (χ2v) is 7.41. The van der Waals surface area contributed by atoms with Crippen LogP contribution in [0.2, 0.25) is 0 Å². The molecule has 4 aromatic carbocycles. The molecule has 0 radical (unpaired) electrons. The average Bonchev–Trinajstić information content (AvgIpc) is 2.85. The Balaban J connectivity index is 1.50. The Morgan fingerprint density at radius 3 is 2.31 bits per heavy atom. The second-order valence-electron chi connectivity index (χ2n) is 7.41. The SMILES string of the molecule is O=C(C[n+]1ccncc1C(=O)Oc1cc2ccccc2c2ccccc12)c1ccccc1. The summed E-state index contributed by atoms with van der Waals surface area (Å²) in [5.41, 5.74) is 0.783. The van der Waals surface area contributed by atoms with Crippen LogP contribution >= 0.6 is 0 Å². The molecule has 5 nitrogen and oxygen atoms in total. The van der Waals surface area contributed by atoms with Gasteiger partial charge < -0.3 is 4.74 Å². The molecular weight excluding hydrogens is 400 g/mol. The quantitative estimate of drug-likeness (QED) is 0.135. The summed E-state index contributed by atoms with van der Waals surface area (Å²) in [6, 6.07) is 26.6. The molecule has 0 saturated carbocycles. The van der Waals surface area contributed by atoms with E-state index in [1.165, 1.54) is 6.20 Å². The highest BCUT2D eigenvalue weighted by Crippen LogP contribution is 2.33. The lowest BCUT2D eigenvalue weighted by molar-refractivity contribution is -0.686. The molecule has 32 heavy (non-hydrogen) atoms. The van der Waals surface area contributed by atoms with Gasteiger partial charge in [-0.25, -0.2) is 4.79 Å². The van der Waals surface area contributed by atoms with E-state index in [9.17, 15) is 9.59 Å². The van der Waals surface area contributed by atoms with Gasteiger partial charge in [-0.05, 0) is 22.2 Å². The van der Waals surface area contributed by atoms with Gasteiger partial charge in [-0.2, -0.15) is 4.57 Å². The van der Waals surface area contributed by atoms with Gasteiger partial charge >= 0.3 is 11.7 Å². The van der Waals surface area contributed by atoms with E-state index in [1.807, 2.05) is 72.8 Å². The minimum Gasteiger partial charge on any atom is -0.418 e. The fourth-order valence-electron chi connectivity index (χ4n) is 3.82. The van der Waals surface area contributed by atoms with Crippen molar-refractivity contribution < 1.29 is 18.9 Å². The summed E-state index contributed by atoms with van der Waals surface area (Å²) >= 11 is 0. The number of aromatic nitrogens is 2. The van der Waals surface area contributed by atoms with Gasteiger partial charge in [0, 0.05) is 10.9 Å². The normalized spacial score (nSPS) is 10.9. The molecule has 5 heteroatoms. The molecule has 0 aliphatic carbocycles. The zero-order valence-corrected chi connectivity index (χ0v) is 17.1. The molecule has 5 rings (SSSR count). The maximum absolute atomic E-state index is 13.1. The molecule has 1 heterocycles. The first kappa shape index (κ1) is 19.6. The number of Topliss-reactive ketones (excluding diaryl/α,β-unsaturated/α-hetero) is 1. The Labute approximate surface area is 184 Å². The summed E-state index contributed by atoms with van der Waals surface area (Å²) in [4.78, 5) is 29.9. The van der Waals surface area contributed by atoms with Gasteiger partial charge in [0.2, 0.25) is 12.3 Å². The van der Waals surface area contributed by atoms with Crippen molar-refractivity contribution in [3.8, 4) is 5.75 Å². The first-order valence-corrected chi connectivity index (χ1v) is 10.2. The van der Waals surface area contributed by atoms with Crippen molar-refractivity contribution in [2.75, 3.05) is 0 Å². The van der Waals surface area contributed by atoms with E-state index in [-0.39, 0.29) is 18.0 Å². The van der Waals surface area contributed by atoms with Gasteiger partial charge in [-0.15, -0.1) is 0 Å². The van der Waals surface area contributed by atoms with Gasteiger partial charge in [-0.1, -0.05) is 78.9 Å². The van der Waals surface area contributed by atoms with Crippen molar-refractivity contribution in [3.05, 3.63) is 115 Å². The minimum atomic E-state index is -0.570. The van der Waals surface area contributed by atoms with E-state index in [4.69, 9.17) is 4.74 Å². The molecule has 0 unspecified atom stereocenters. The maximum atomic E-state index is 13.1. The lowest BCUT2D eigenvalue weighted by Crippen LogP contribution is -2.44. The van der Waals surface area contributed by atoms with Crippen LogP contribution in [0.3, 0.4) is 0 Å². The van der Waals surface area contributed by atoms with Gasteiger partial charge in [0.05, 0.1) is 6.20 Å². The molecule has 0 spiro atoms. The fraction of sp³-hybridized carbons (Fsp3) is 0.0370. The lowest BCUT2D eigenvalue weighted by Gasteiger charge is -2.10. The van der Waals surface area contributed by atoms with Gasteiger partial charge in [-0.3, -0.25) is 9.78 Å². The molecular formula is C27H19N2O3+. The number of benzene rings is 4. The molecule has 0 amide bonds. The molecule has 1 aromatic heterocycles. The van der Waals surface area contributed by atoms with Crippen LogP contribution in [0.1, 0.15) is 20.8 Å². The molecule has 154 valence electrons. The number of carbonyl (C=O) groups excluding carboxylic acids is 2. The Kier molecular flexibility index (Phi) is 5.14. The summed E-state index contributed by atoms with van der Waals surface area (Å²) in [6.45, 7) is 0.00936. The summed E-state index contributed by atoms with van der Waals surface area (Å²) in [5.74, 6) is -0.208. The van der Waals surface area contributed by atoms with Gasteiger partial charge in [0.15, 0.2) is 6.20 Å². The number of fused-ring (bicyclic) bond motifs is 3. The summed E-state index contributed by atoms with van der Waals surface area (Å²) in [6.07, 6.45) is 4.57. The van der Waals surface area contributed by atoms with Crippen LogP contribution in [0.25, 0.3) is 21.5 Å². The standard InChI is InChI=1S/C27H19N2O3/c30-25(19-8-2-1-3-9-19)18-29-15-14-28-17-24(29)27(31)32-26-16-20-10-4-5-11-21(20)22-12-6-7-13-23(22)26/h1-17H,18H2/q+1. The highest BCUT2D eigenvalue weighted by atomic mass is 16.5. The molecule has 0 aliphatic rings. The number of ketones is 1. The van der Waals surface area contributed by atoms with Crippen LogP contribution in [0.15, 0.2) is 104 Å². The van der Waals surface area contributed by atoms with Crippen LogP contribution in [0.5, 0.6) is 5.75 Å². The Hall–Kier alpha value is -4.38. The zero-order valence-electron chi connectivity index (χ0n) is 17.1. The molecule has 0 N–H and O–H groups in total. The Morgan fingerprint density at radius 2 is 1.50 bits per heavy atom. The van der Waals surface area contributed by atoms with Crippen molar-refractivity contribution in [3.63, 3.8) is 0 Å². The molecule has 5 aromatic rings. The van der Waals surface area contributed by atoms with Gasteiger partial charge in [0.1, 0.15) is 11.9 Å². The third-order valence-electron chi connectivity index (χ3n) is 5.39. The van der Waals surface area contributed by atoms with E-state index < -0.39 is 5.97 Å². The van der Waals surface area contributed by atoms with E-state index in [2.05, 4.69) is 4.98 Å². The third-order valence-corrected chi connectivity index (χ3v) is 5.39. The summed E-state index contributed by atoms with van der Waals surface area (Å²) in [5, 5.41) is 3.92. The molecule has 0 aliphatic heterocycles. The number of carbonyl (C=O) groups is 2. The predicted molar refractivity (Wildman–Crippen MR) is 122 cm³/mol. The largest absolute Gasteiger partial charge is 0.418 e. The van der Waals surface area contributed by atoms with E-state index in [1.54, 1.807) is 29.1 Å². The van der Waals surface area contributed by atoms with E-state index in [0.29, 0.717) is 11.3 Å². The average molecular weight is 419 g/mol. The van der Waals surface area contributed by atoms with E-state index in [0.717, 1.165) is 21.5 Å². The molecule has 0 atom stereocenters. The fourth-order valence-corrected chi connectivity index (χ4v) is 3.82. The van der Waals surface area contributed by atoms with Crippen molar-refractivity contribution in [2.45, 2.75) is 6.54 Å². The minimum absolute atomic E-state index is 0.00936. The maximum Gasteiger partial charge on any atom is 0.410 e. The first-order chi connectivity index (χ1) is 15.7. The Bertz CT molecular complexity index is 1460. The van der Waals surface area contributed by atoms with Crippen LogP contribution in [0.4, 0.5) is 0 Å². The van der Waals surface area contributed by atoms with Crippen molar-refractivity contribution in [1.29, 1.82) is 0 Å². The highest BCUT2D eigenvalue weighted by Gasteiger charge is 2.25. The Morgan fingerprint density at radius 1 is 0.812 bits per heavy atom. The number of ether oxygens (including phenoxy) is 1. The molecule has 0 saturated heterocycles. The summed E-state index contributed by atoms with van der Waals surface area (Å²) < 4.78 is 7.40. The summed E-state index contributed by atoms with van der Waals surface area (Å²) in [7, 11) is 0. The van der Waals surface area contributed by atoms with Crippen molar-refractivity contribution in [1.82, 2.24) is 4.98 Å². The molecule has 0 fully saturated rings. The molecule has 0 bridgehead atoms. The van der Waals surface area contributed by atoms with Gasteiger partial charge in [0.25, 0.3) is 0 Å².